The normalized spacial score (nSPS) is 22.4. The van der Waals surface area contributed by atoms with E-state index < -0.39 is 0 Å². The molecule has 23 heavy (non-hydrogen) atoms. The minimum Gasteiger partial charge on any atom is -0.396 e. The lowest BCUT2D eigenvalue weighted by atomic mass is 9.86. The zero-order valence-electron chi connectivity index (χ0n) is 14.4. The maximum absolute atomic E-state index is 12.4. The molecule has 0 spiro atoms. The molecule has 2 amide bonds. The molecule has 1 aromatic rings. The third-order valence-corrected chi connectivity index (χ3v) is 5.03. The van der Waals surface area contributed by atoms with Crippen LogP contribution in [0, 0.1) is 5.92 Å². The SMILES string of the molecule is CC1CCCC(N(C)C(=O)NCC(CCO)c2ccccc2)C1. The molecule has 1 aliphatic rings. The lowest BCUT2D eigenvalue weighted by Crippen LogP contribution is -2.46. The number of amides is 2. The Bertz CT molecular complexity index is 478. The van der Waals surface area contributed by atoms with Gasteiger partial charge in [-0.2, -0.15) is 0 Å². The zero-order valence-corrected chi connectivity index (χ0v) is 14.4. The fourth-order valence-corrected chi connectivity index (χ4v) is 3.52. The predicted molar refractivity (Wildman–Crippen MR) is 93.5 cm³/mol. The largest absolute Gasteiger partial charge is 0.396 e. The third-order valence-electron chi connectivity index (χ3n) is 5.03. The summed E-state index contributed by atoms with van der Waals surface area (Å²) in [5.41, 5.74) is 1.16. The Balaban J connectivity index is 1.88. The molecule has 0 aliphatic heterocycles. The first-order valence-electron chi connectivity index (χ1n) is 8.78. The molecule has 1 aromatic carbocycles. The number of urea groups is 1. The van der Waals surface area contributed by atoms with E-state index in [-0.39, 0.29) is 18.6 Å². The Morgan fingerprint density at radius 2 is 2.09 bits per heavy atom. The van der Waals surface area contributed by atoms with Crippen LogP contribution in [0.3, 0.4) is 0 Å². The molecule has 1 saturated carbocycles. The molecule has 4 heteroatoms. The molecule has 0 aromatic heterocycles. The van der Waals surface area contributed by atoms with Gasteiger partial charge in [0.2, 0.25) is 0 Å². The van der Waals surface area contributed by atoms with E-state index in [0.29, 0.717) is 24.9 Å². The molecule has 2 rings (SSSR count). The molecule has 128 valence electrons. The summed E-state index contributed by atoms with van der Waals surface area (Å²) in [7, 11) is 1.90. The number of benzene rings is 1. The number of carbonyl (C=O) groups excluding carboxylic acids is 1. The maximum atomic E-state index is 12.4. The van der Waals surface area contributed by atoms with Crippen molar-refractivity contribution < 1.29 is 9.90 Å². The molecule has 3 atom stereocenters. The van der Waals surface area contributed by atoms with Crippen LogP contribution >= 0.6 is 0 Å². The van der Waals surface area contributed by atoms with E-state index in [2.05, 4.69) is 24.4 Å². The Hall–Kier alpha value is -1.55. The highest BCUT2D eigenvalue weighted by molar-refractivity contribution is 5.74. The summed E-state index contributed by atoms with van der Waals surface area (Å²) in [4.78, 5) is 14.3. The quantitative estimate of drug-likeness (QED) is 0.845. The van der Waals surface area contributed by atoms with Gasteiger partial charge in [0.1, 0.15) is 0 Å². The number of hydrogen-bond donors (Lipinski definition) is 2. The average Bonchev–Trinajstić information content (AvgIpc) is 2.58. The number of aliphatic hydroxyl groups is 1. The molecule has 4 nitrogen and oxygen atoms in total. The molecule has 0 heterocycles. The number of nitrogens with one attached hydrogen (secondary N) is 1. The summed E-state index contributed by atoms with van der Waals surface area (Å²) in [5, 5.41) is 12.3. The summed E-state index contributed by atoms with van der Waals surface area (Å²) in [6.45, 7) is 2.96. The van der Waals surface area contributed by atoms with Crippen molar-refractivity contribution in [3.05, 3.63) is 35.9 Å². The molecule has 1 aliphatic carbocycles. The number of rotatable bonds is 6. The van der Waals surface area contributed by atoms with Crippen LogP contribution in [0.5, 0.6) is 0 Å². The van der Waals surface area contributed by atoms with Crippen LogP contribution in [-0.4, -0.2) is 42.3 Å². The van der Waals surface area contributed by atoms with Crippen LogP contribution in [0.25, 0.3) is 0 Å². The van der Waals surface area contributed by atoms with Gasteiger partial charge in [0.05, 0.1) is 0 Å². The molecule has 3 unspecified atom stereocenters. The number of hydrogen-bond acceptors (Lipinski definition) is 2. The third kappa shape index (κ3) is 5.24. The van der Waals surface area contributed by atoms with Crippen LogP contribution in [0.15, 0.2) is 30.3 Å². The van der Waals surface area contributed by atoms with Crippen molar-refractivity contribution in [1.29, 1.82) is 0 Å². The molecule has 0 radical (unpaired) electrons. The van der Waals surface area contributed by atoms with Crippen molar-refractivity contribution in [2.24, 2.45) is 5.92 Å². The maximum Gasteiger partial charge on any atom is 0.317 e. The summed E-state index contributed by atoms with van der Waals surface area (Å²) >= 11 is 0. The molecular weight excluding hydrogens is 288 g/mol. The second kappa shape index (κ2) is 8.92. The topological polar surface area (TPSA) is 52.6 Å². The van der Waals surface area contributed by atoms with Gasteiger partial charge in [-0.25, -0.2) is 4.79 Å². The van der Waals surface area contributed by atoms with Crippen molar-refractivity contribution in [2.75, 3.05) is 20.2 Å². The van der Waals surface area contributed by atoms with Crippen LogP contribution in [0.1, 0.15) is 50.5 Å². The summed E-state index contributed by atoms with van der Waals surface area (Å²) in [6.07, 6.45) is 5.35. The van der Waals surface area contributed by atoms with E-state index in [1.807, 2.05) is 30.1 Å². The van der Waals surface area contributed by atoms with E-state index in [0.717, 1.165) is 18.4 Å². The van der Waals surface area contributed by atoms with Crippen molar-refractivity contribution in [3.8, 4) is 0 Å². The predicted octanol–water partition coefficient (Wildman–Crippen LogP) is 3.37. The first kappa shape index (κ1) is 17.8. The van der Waals surface area contributed by atoms with E-state index in [1.165, 1.54) is 12.8 Å². The van der Waals surface area contributed by atoms with Gasteiger partial charge >= 0.3 is 6.03 Å². The number of aliphatic hydroxyl groups excluding tert-OH is 1. The molecule has 0 bridgehead atoms. The van der Waals surface area contributed by atoms with Gasteiger partial charge < -0.3 is 15.3 Å². The highest BCUT2D eigenvalue weighted by Gasteiger charge is 2.25. The molecule has 1 fully saturated rings. The van der Waals surface area contributed by atoms with E-state index in [4.69, 9.17) is 0 Å². The average molecular weight is 318 g/mol. The van der Waals surface area contributed by atoms with Crippen molar-refractivity contribution in [2.45, 2.75) is 51.0 Å². The van der Waals surface area contributed by atoms with Crippen molar-refractivity contribution in [1.82, 2.24) is 10.2 Å². The van der Waals surface area contributed by atoms with Gasteiger partial charge in [0, 0.05) is 32.2 Å². The van der Waals surface area contributed by atoms with Gasteiger partial charge in [-0.05, 0) is 30.7 Å². The van der Waals surface area contributed by atoms with E-state index >= 15 is 0 Å². The van der Waals surface area contributed by atoms with Gasteiger partial charge in [0.25, 0.3) is 0 Å². The van der Waals surface area contributed by atoms with Gasteiger partial charge in [0.15, 0.2) is 0 Å². The van der Waals surface area contributed by atoms with Gasteiger partial charge in [-0.3, -0.25) is 0 Å². The summed E-state index contributed by atoms with van der Waals surface area (Å²) in [5.74, 6) is 0.860. The van der Waals surface area contributed by atoms with E-state index in [9.17, 15) is 9.90 Å². The number of nitrogens with zero attached hydrogens (tertiary/aromatic N) is 1. The Morgan fingerprint density at radius 1 is 1.35 bits per heavy atom. The smallest absolute Gasteiger partial charge is 0.317 e. The lowest BCUT2D eigenvalue weighted by Gasteiger charge is -2.34. The Labute approximate surface area is 139 Å². The number of carbonyl (C=O) groups is 1. The van der Waals surface area contributed by atoms with Crippen LogP contribution in [-0.2, 0) is 0 Å². The van der Waals surface area contributed by atoms with Gasteiger partial charge in [-0.15, -0.1) is 0 Å². The monoisotopic (exact) mass is 318 g/mol. The van der Waals surface area contributed by atoms with Crippen LogP contribution < -0.4 is 5.32 Å². The minimum atomic E-state index is 0.00275. The first-order valence-corrected chi connectivity index (χ1v) is 8.78. The Kier molecular flexibility index (Phi) is 6.90. The summed E-state index contributed by atoms with van der Waals surface area (Å²) in [6, 6.07) is 10.4. The Morgan fingerprint density at radius 3 is 2.74 bits per heavy atom. The first-order chi connectivity index (χ1) is 11.1. The van der Waals surface area contributed by atoms with Crippen LogP contribution in [0.4, 0.5) is 4.79 Å². The fraction of sp³-hybridized carbons (Fsp3) is 0.632. The molecule has 2 N–H and O–H groups in total. The van der Waals surface area contributed by atoms with Crippen molar-refractivity contribution in [3.63, 3.8) is 0 Å². The second-order valence-electron chi connectivity index (χ2n) is 6.84. The van der Waals surface area contributed by atoms with Crippen LogP contribution in [0.2, 0.25) is 0 Å². The van der Waals surface area contributed by atoms with Crippen molar-refractivity contribution >= 4 is 6.03 Å². The van der Waals surface area contributed by atoms with E-state index in [1.54, 1.807) is 0 Å². The molecule has 0 saturated heterocycles. The zero-order chi connectivity index (χ0) is 16.7. The lowest BCUT2D eigenvalue weighted by molar-refractivity contribution is 0.159. The minimum absolute atomic E-state index is 0.00275. The summed E-state index contributed by atoms with van der Waals surface area (Å²) < 4.78 is 0. The second-order valence-corrected chi connectivity index (χ2v) is 6.84. The molecular formula is C19H30N2O2. The highest BCUT2D eigenvalue weighted by Crippen LogP contribution is 2.26. The highest BCUT2D eigenvalue weighted by atomic mass is 16.3. The van der Waals surface area contributed by atoms with Gasteiger partial charge in [-0.1, -0.05) is 50.1 Å². The standard InChI is InChI=1S/C19H30N2O2/c1-15-7-6-10-18(13-15)21(2)19(23)20-14-17(11-12-22)16-8-4-3-5-9-16/h3-5,8-9,15,17-18,22H,6-7,10-14H2,1-2H3,(H,20,23). The fourth-order valence-electron chi connectivity index (χ4n) is 3.52.